The number of hydrogen-bond donors (Lipinski definition) is 8. The summed E-state index contributed by atoms with van der Waals surface area (Å²) in [5.41, 5.74) is 9.51. The second kappa shape index (κ2) is 18.1. The number of fused-ring (bicyclic) bond motifs is 1. The van der Waals surface area contributed by atoms with Gasteiger partial charge in [0, 0.05) is 24.7 Å². The van der Waals surface area contributed by atoms with E-state index in [-0.39, 0.29) is 18.6 Å². The smallest absolute Gasteiger partial charge is 0.237 e. The Kier molecular flexibility index (Phi) is 13.9. The van der Waals surface area contributed by atoms with E-state index in [2.05, 4.69) is 15.6 Å². The summed E-state index contributed by atoms with van der Waals surface area (Å²) in [6.07, 6.45) is -4.84. The molecule has 2 aromatic carbocycles. The number of carbonyl (C=O) groups is 2. The number of carbonyl (C=O) groups excluding carboxylic acids is 2. The largest absolute Gasteiger partial charge is 0.478 e. The molecular formula is C36H48N4O10. The van der Waals surface area contributed by atoms with E-state index in [1.165, 1.54) is 0 Å². The predicted octanol–water partition coefficient (Wildman–Crippen LogP) is 1.11. The van der Waals surface area contributed by atoms with Gasteiger partial charge in [-0.25, -0.2) is 4.98 Å². The van der Waals surface area contributed by atoms with E-state index in [0.717, 1.165) is 53.1 Å². The van der Waals surface area contributed by atoms with Gasteiger partial charge in [-0.2, -0.15) is 0 Å². The predicted molar refractivity (Wildman–Crippen MR) is 184 cm³/mol. The summed E-state index contributed by atoms with van der Waals surface area (Å²) in [5.74, 6) is 0.874. The highest BCUT2D eigenvalue weighted by Gasteiger charge is 2.30. The van der Waals surface area contributed by atoms with Crippen LogP contribution in [0.1, 0.15) is 39.5 Å². The lowest BCUT2D eigenvalue weighted by Crippen LogP contribution is -2.50. The molecule has 4 rings (SSSR count). The molecule has 2 heterocycles. The molecule has 1 aliphatic heterocycles. The number of amides is 2. The summed E-state index contributed by atoms with van der Waals surface area (Å²) in [6, 6.07) is 18.6. The number of nitrogens with one attached hydrogen (secondary N) is 2. The van der Waals surface area contributed by atoms with Crippen LogP contribution in [0.2, 0.25) is 0 Å². The zero-order valence-electron chi connectivity index (χ0n) is 28.3. The Hall–Kier alpha value is -4.31. The van der Waals surface area contributed by atoms with Crippen molar-refractivity contribution < 1.29 is 49.3 Å². The van der Waals surface area contributed by atoms with Crippen LogP contribution in [0, 0.1) is 5.41 Å². The average molecular weight is 697 g/mol. The Morgan fingerprint density at radius 2 is 1.58 bits per heavy atom. The van der Waals surface area contributed by atoms with Crippen LogP contribution in [0.15, 0.2) is 60.7 Å². The first-order chi connectivity index (χ1) is 23.9. The van der Waals surface area contributed by atoms with Gasteiger partial charge in [0.1, 0.15) is 18.3 Å². The van der Waals surface area contributed by atoms with Gasteiger partial charge >= 0.3 is 0 Å². The number of pyridine rings is 1. The van der Waals surface area contributed by atoms with Crippen molar-refractivity contribution >= 4 is 11.8 Å². The summed E-state index contributed by atoms with van der Waals surface area (Å²) in [5, 5.41) is 52.8. The highest BCUT2D eigenvalue weighted by Crippen LogP contribution is 2.36. The lowest BCUT2D eigenvalue weighted by molar-refractivity contribution is -0.129. The van der Waals surface area contributed by atoms with Gasteiger partial charge in [-0.05, 0) is 54.0 Å². The first-order valence-electron chi connectivity index (χ1n) is 16.6. The maximum absolute atomic E-state index is 12.5. The van der Waals surface area contributed by atoms with E-state index in [9.17, 15) is 30.0 Å². The first-order valence-corrected chi connectivity index (χ1v) is 16.6. The maximum Gasteiger partial charge on any atom is 0.237 e. The topological polar surface area (TPSA) is 226 Å². The molecule has 272 valence electrons. The fraction of sp³-hybridized carbons (Fsp3) is 0.472. The number of nitrogens with zero attached hydrogens (tertiary/aromatic N) is 1. The lowest BCUT2D eigenvalue weighted by Gasteiger charge is -2.26. The Morgan fingerprint density at radius 1 is 0.900 bits per heavy atom. The van der Waals surface area contributed by atoms with Gasteiger partial charge in [0.05, 0.1) is 37.5 Å². The summed E-state index contributed by atoms with van der Waals surface area (Å²) in [6.45, 7) is 3.82. The Labute approximate surface area is 291 Å². The van der Waals surface area contributed by atoms with Gasteiger partial charge in [-0.15, -0.1) is 0 Å². The molecule has 0 fully saturated rings. The molecular weight excluding hydrogens is 648 g/mol. The Morgan fingerprint density at radius 3 is 2.32 bits per heavy atom. The van der Waals surface area contributed by atoms with E-state index in [0.29, 0.717) is 19.0 Å². The number of unbranched alkanes of at least 4 members (excludes halogenated alkanes) is 1. The molecule has 5 unspecified atom stereocenters. The van der Waals surface area contributed by atoms with Crippen molar-refractivity contribution in [3.8, 4) is 39.8 Å². The van der Waals surface area contributed by atoms with Crippen molar-refractivity contribution in [2.45, 2.75) is 70.0 Å². The third kappa shape index (κ3) is 11.1. The number of rotatable bonds is 19. The van der Waals surface area contributed by atoms with Crippen molar-refractivity contribution in [3.05, 3.63) is 60.7 Å². The molecule has 0 bridgehead atoms. The third-order valence-corrected chi connectivity index (χ3v) is 8.42. The van der Waals surface area contributed by atoms with Crippen molar-refractivity contribution in [2.24, 2.45) is 11.1 Å². The number of nitrogens with two attached hydrogens (primary N) is 1. The molecule has 0 radical (unpaired) electrons. The normalized spacial score (nSPS) is 15.4. The monoisotopic (exact) mass is 696 g/mol. The third-order valence-electron chi connectivity index (χ3n) is 8.42. The quantitative estimate of drug-likeness (QED) is 0.0825. The summed E-state index contributed by atoms with van der Waals surface area (Å²) >= 11 is 0. The number of aliphatic hydroxyl groups is 5. The number of hydrogen-bond acceptors (Lipinski definition) is 12. The van der Waals surface area contributed by atoms with Crippen LogP contribution in [-0.2, 0) is 9.59 Å². The maximum atomic E-state index is 12.5. The van der Waals surface area contributed by atoms with Crippen LogP contribution in [0.4, 0.5) is 0 Å². The minimum absolute atomic E-state index is 0.238. The summed E-state index contributed by atoms with van der Waals surface area (Å²) < 4.78 is 16.8. The molecule has 14 heteroatoms. The first kappa shape index (κ1) is 38.5. The minimum atomic E-state index is -1.81. The standard InChI is InChI=1S/C36H48N4O10/c1-36(2,20-39-35(47)25(37)17-31(44)38-18-27(42)33(45)34(46)28(43)19-41)14-3-4-15-48-32-7-5-6-26(40-32)23-10-8-22(9-11-23)24-12-13-29-30(16-24)50-21-49-29/h5-13,16,25,27-28,33-34,41-43,45-46H,3-4,14-15,17-21,37H2,1-2H3,(H,38,44)(H,39,47). The lowest BCUT2D eigenvalue weighted by atomic mass is 9.87. The zero-order chi connectivity index (χ0) is 36.3. The molecule has 9 N–H and O–H groups in total. The highest BCUT2D eigenvalue weighted by atomic mass is 16.7. The zero-order valence-corrected chi connectivity index (χ0v) is 28.3. The molecule has 0 saturated carbocycles. The number of aromatic nitrogens is 1. The molecule has 5 atom stereocenters. The van der Waals surface area contributed by atoms with Gasteiger partial charge in [0.25, 0.3) is 0 Å². The average Bonchev–Trinajstić information content (AvgIpc) is 3.60. The van der Waals surface area contributed by atoms with Gasteiger partial charge < -0.3 is 56.1 Å². The van der Waals surface area contributed by atoms with Crippen LogP contribution < -0.4 is 30.6 Å². The fourth-order valence-corrected chi connectivity index (χ4v) is 5.26. The number of aliphatic hydroxyl groups excluding tert-OH is 5. The molecule has 0 spiro atoms. The van der Waals surface area contributed by atoms with Crippen LogP contribution in [0.5, 0.6) is 17.4 Å². The second-order valence-electron chi connectivity index (χ2n) is 13.1. The number of benzene rings is 2. The summed E-state index contributed by atoms with van der Waals surface area (Å²) in [7, 11) is 0. The van der Waals surface area contributed by atoms with Crippen LogP contribution in [-0.4, -0.2) is 106 Å². The molecule has 14 nitrogen and oxygen atoms in total. The van der Waals surface area contributed by atoms with Crippen LogP contribution >= 0.6 is 0 Å². The summed E-state index contributed by atoms with van der Waals surface area (Å²) in [4.78, 5) is 29.4. The highest BCUT2D eigenvalue weighted by molar-refractivity contribution is 5.88. The van der Waals surface area contributed by atoms with Gasteiger partial charge in [-0.3, -0.25) is 9.59 Å². The Balaban J connectivity index is 1.13. The van der Waals surface area contributed by atoms with Crippen molar-refractivity contribution in [1.29, 1.82) is 0 Å². The van der Waals surface area contributed by atoms with Crippen molar-refractivity contribution in [1.82, 2.24) is 15.6 Å². The molecule has 0 saturated heterocycles. The molecule has 1 aromatic heterocycles. The molecule has 1 aliphatic rings. The molecule has 50 heavy (non-hydrogen) atoms. The molecule has 2 amide bonds. The Bertz CT molecular complexity index is 1550. The van der Waals surface area contributed by atoms with E-state index < -0.39 is 55.4 Å². The molecule has 0 aliphatic carbocycles. The van der Waals surface area contributed by atoms with E-state index in [1.807, 2.05) is 74.5 Å². The number of ether oxygens (including phenoxy) is 3. The molecule has 3 aromatic rings. The van der Waals surface area contributed by atoms with Crippen LogP contribution in [0.25, 0.3) is 22.4 Å². The van der Waals surface area contributed by atoms with Crippen molar-refractivity contribution in [3.63, 3.8) is 0 Å². The van der Waals surface area contributed by atoms with Crippen LogP contribution in [0.3, 0.4) is 0 Å². The van der Waals surface area contributed by atoms with E-state index in [1.54, 1.807) is 0 Å². The second-order valence-corrected chi connectivity index (χ2v) is 13.1. The van der Waals surface area contributed by atoms with Gasteiger partial charge in [0.15, 0.2) is 11.5 Å². The fourth-order valence-electron chi connectivity index (χ4n) is 5.26. The van der Waals surface area contributed by atoms with Crippen molar-refractivity contribution in [2.75, 3.05) is 33.1 Å². The SMILES string of the molecule is CC(C)(CCCCOc1cccc(-c2ccc(-c3ccc4c(c3)OCO4)cc2)n1)CNC(=O)C(N)CC(=O)NCC(O)C(O)C(O)C(O)CO. The van der Waals surface area contributed by atoms with E-state index in [4.69, 9.17) is 25.1 Å². The van der Waals surface area contributed by atoms with Gasteiger partial charge in [0.2, 0.25) is 24.5 Å². The minimum Gasteiger partial charge on any atom is -0.478 e. The van der Waals surface area contributed by atoms with Gasteiger partial charge in [-0.1, -0.05) is 50.2 Å². The van der Waals surface area contributed by atoms with E-state index >= 15 is 0 Å².